The summed E-state index contributed by atoms with van der Waals surface area (Å²) in [5, 5.41) is 15.9. The molecule has 11 heavy (non-hydrogen) atoms. The van der Waals surface area contributed by atoms with Crippen molar-refractivity contribution in [1.29, 1.82) is 5.41 Å². The standard InChI is InChI=1S/C7H12N2O2/c1-4-6(7(10)11)3-9(4)5(2)8/h4,6,8H,3H2,1-2H3,(H,10,11)/t4-,6-/m0/s1. The zero-order chi connectivity index (χ0) is 8.59. The molecule has 1 aliphatic rings. The Labute approximate surface area is 65.3 Å². The Hall–Kier alpha value is -1.06. The third-order valence-corrected chi connectivity index (χ3v) is 2.22. The van der Waals surface area contributed by atoms with E-state index in [4.69, 9.17) is 10.5 Å². The van der Waals surface area contributed by atoms with Crippen LogP contribution < -0.4 is 0 Å². The monoisotopic (exact) mass is 156 g/mol. The minimum atomic E-state index is -0.755. The third kappa shape index (κ3) is 1.20. The number of rotatable bonds is 1. The number of carboxylic acid groups (broad SMARTS) is 1. The molecule has 1 rings (SSSR count). The lowest BCUT2D eigenvalue weighted by Crippen LogP contribution is -2.59. The minimum absolute atomic E-state index is 0.00926. The molecule has 0 radical (unpaired) electrons. The Balaban J connectivity index is 2.50. The van der Waals surface area contributed by atoms with Crippen molar-refractivity contribution in [3.63, 3.8) is 0 Å². The number of hydrogen-bond donors (Lipinski definition) is 2. The molecule has 0 bridgehead atoms. The van der Waals surface area contributed by atoms with Gasteiger partial charge in [-0.1, -0.05) is 0 Å². The first-order valence-electron chi connectivity index (χ1n) is 3.58. The normalized spacial score (nSPS) is 29.5. The molecule has 1 aliphatic heterocycles. The number of amidine groups is 1. The maximum absolute atomic E-state index is 10.5. The fourth-order valence-corrected chi connectivity index (χ4v) is 1.34. The van der Waals surface area contributed by atoms with Gasteiger partial charge in [0, 0.05) is 12.6 Å². The van der Waals surface area contributed by atoms with Crippen LogP contribution in [-0.2, 0) is 4.79 Å². The number of carbonyl (C=O) groups is 1. The quantitative estimate of drug-likeness (QED) is 0.426. The highest BCUT2D eigenvalue weighted by Crippen LogP contribution is 2.24. The number of hydrogen-bond acceptors (Lipinski definition) is 2. The van der Waals surface area contributed by atoms with E-state index in [0.717, 1.165) is 0 Å². The molecule has 1 fully saturated rings. The first-order chi connectivity index (χ1) is 5.04. The highest BCUT2D eigenvalue weighted by molar-refractivity contribution is 5.81. The van der Waals surface area contributed by atoms with Gasteiger partial charge in [0.25, 0.3) is 0 Å². The van der Waals surface area contributed by atoms with E-state index in [-0.39, 0.29) is 12.0 Å². The van der Waals surface area contributed by atoms with Crippen LogP contribution in [-0.4, -0.2) is 34.4 Å². The number of likely N-dealkylation sites (tertiary alicyclic amines) is 1. The van der Waals surface area contributed by atoms with Gasteiger partial charge in [0.1, 0.15) is 0 Å². The van der Waals surface area contributed by atoms with Gasteiger partial charge in [0.15, 0.2) is 0 Å². The zero-order valence-corrected chi connectivity index (χ0v) is 6.66. The van der Waals surface area contributed by atoms with Crippen LogP contribution in [0, 0.1) is 11.3 Å². The predicted octanol–water partition coefficient (Wildman–Crippen LogP) is 0.388. The summed E-state index contributed by atoms with van der Waals surface area (Å²) < 4.78 is 0. The van der Waals surface area contributed by atoms with Crippen LogP contribution in [0.5, 0.6) is 0 Å². The lowest BCUT2D eigenvalue weighted by atomic mass is 9.90. The van der Waals surface area contributed by atoms with Gasteiger partial charge < -0.3 is 10.0 Å². The summed E-state index contributed by atoms with van der Waals surface area (Å²) in [6.07, 6.45) is 0. The van der Waals surface area contributed by atoms with E-state index in [1.807, 2.05) is 6.92 Å². The van der Waals surface area contributed by atoms with Crippen LogP contribution in [0.4, 0.5) is 0 Å². The molecular formula is C7H12N2O2. The van der Waals surface area contributed by atoms with Gasteiger partial charge in [-0.05, 0) is 13.8 Å². The Kier molecular flexibility index (Phi) is 1.85. The average Bonchev–Trinajstić information content (AvgIpc) is 1.82. The maximum atomic E-state index is 10.5. The van der Waals surface area contributed by atoms with Gasteiger partial charge in [0.05, 0.1) is 11.8 Å². The van der Waals surface area contributed by atoms with Crippen molar-refractivity contribution in [1.82, 2.24) is 4.90 Å². The lowest BCUT2D eigenvalue weighted by molar-refractivity contribution is -0.148. The van der Waals surface area contributed by atoms with Gasteiger partial charge in [0.2, 0.25) is 0 Å². The van der Waals surface area contributed by atoms with Crippen LogP contribution >= 0.6 is 0 Å². The summed E-state index contributed by atoms with van der Waals surface area (Å²) in [6.45, 7) is 4.00. The van der Waals surface area contributed by atoms with Crippen molar-refractivity contribution in [3.05, 3.63) is 0 Å². The Morgan fingerprint density at radius 2 is 2.27 bits per heavy atom. The Morgan fingerprint density at radius 1 is 1.73 bits per heavy atom. The van der Waals surface area contributed by atoms with Crippen molar-refractivity contribution in [3.8, 4) is 0 Å². The second kappa shape index (κ2) is 2.53. The van der Waals surface area contributed by atoms with Crippen molar-refractivity contribution >= 4 is 11.8 Å². The number of carboxylic acids is 1. The molecule has 0 aliphatic carbocycles. The summed E-state index contributed by atoms with van der Waals surface area (Å²) in [4.78, 5) is 12.2. The summed E-state index contributed by atoms with van der Waals surface area (Å²) in [7, 11) is 0. The van der Waals surface area contributed by atoms with E-state index in [1.165, 1.54) is 0 Å². The molecule has 0 aromatic heterocycles. The zero-order valence-electron chi connectivity index (χ0n) is 6.66. The first kappa shape index (κ1) is 8.04. The molecule has 2 atom stereocenters. The molecule has 2 N–H and O–H groups in total. The van der Waals surface area contributed by atoms with Gasteiger partial charge in [-0.2, -0.15) is 0 Å². The van der Waals surface area contributed by atoms with E-state index >= 15 is 0 Å². The predicted molar refractivity (Wildman–Crippen MR) is 40.7 cm³/mol. The van der Waals surface area contributed by atoms with Gasteiger partial charge in [-0.3, -0.25) is 10.2 Å². The first-order valence-corrected chi connectivity index (χ1v) is 3.58. The number of nitrogens with zero attached hydrogens (tertiary/aromatic N) is 1. The molecule has 1 saturated heterocycles. The molecule has 0 aromatic rings. The maximum Gasteiger partial charge on any atom is 0.310 e. The summed E-state index contributed by atoms with van der Waals surface area (Å²) >= 11 is 0. The van der Waals surface area contributed by atoms with E-state index < -0.39 is 5.97 Å². The molecule has 62 valence electrons. The lowest BCUT2D eigenvalue weighted by Gasteiger charge is -2.44. The van der Waals surface area contributed by atoms with Crippen molar-refractivity contribution in [2.45, 2.75) is 19.9 Å². The van der Waals surface area contributed by atoms with E-state index in [9.17, 15) is 4.79 Å². The SMILES string of the molecule is CC(=N)N1C[C@H](C(=O)O)[C@@H]1C. The molecule has 0 unspecified atom stereocenters. The van der Waals surface area contributed by atoms with Gasteiger partial charge in [-0.15, -0.1) is 0 Å². The fraction of sp³-hybridized carbons (Fsp3) is 0.714. The Bertz CT molecular complexity index is 183. The van der Waals surface area contributed by atoms with Crippen LogP contribution in [0.1, 0.15) is 13.8 Å². The van der Waals surface area contributed by atoms with Crippen molar-refractivity contribution < 1.29 is 9.90 Å². The van der Waals surface area contributed by atoms with Crippen LogP contribution in [0.3, 0.4) is 0 Å². The summed E-state index contributed by atoms with van der Waals surface area (Å²) in [6, 6.07) is -0.00926. The molecule has 0 spiro atoms. The smallest absolute Gasteiger partial charge is 0.310 e. The number of nitrogens with one attached hydrogen (secondary N) is 1. The molecule has 4 heteroatoms. The van der Waals surface area contributed by atoms with E-state index in [1.54, 1.807) is 11.8 Å². The summed E-state index contributed by atoms with van der Waals surface area (Å²) in [5.41, 5.74) is 0. The van der Waals surface area contributed by atoms with Crippen LogP contribution in [0.2, 0.25) is 0 Å². The number of aliphatic carboxylic acids is 1. The highest BCUT2D eigenvalue weighted by Gasteiger charge is 2.40. The van der Waals surface area contributed by atoms with Crippen LogP contribution in [0.25, 0.3) is 0 Å². The van der Waals surface area contributed by atoms with Crippen LogP contribution in [0.15, 0.2) is 0 Å². The van der Waals surface area contributed by atoms with E-state index in [2.05, 4.69) is 0 Å². The second-order valence-electron chi connectivity index (χ2n) is 2.92. The van der Waals surface area contributed by atoms with E-state index in [0.29, 0.717) is 12.4 Å². The minimum Gasteiger partial charge on any atom is -0.481 e. The van der Waals surface area contributed by atoms with Crippen molar-refractivity contribution in [2.24, 2.45) is 5.92 Å². The van der Waals surface area contributed by atoms with Crippen molar-refractivity contribution in [2.75, 3.05) is 6.54 Å². The highest BCUT2D eigenvalue weighted by atomic mass is 16.4. The molecular weight excluding hydrogens is 144 g/mol. The third-order valence-electron chi connectivity index (χ3n) is 2.22. The molecule has 0 aromatic carbocycles. The average molecular weight is 156 g/mol. The van der Waals surface area contributed by atoms with Gasteiger partial charge in [-0.25, -0.2) is 0 Å². The molecule has 0 amide bonds. The Morgan fingerprint density at radius 3 is 2.55 bits per heavy atom. The summed E-state index contributed by atoms with van der Waals surface area (Å²) in [5.74, 6) is -0.583. The molecule has 0 saturated carbocycles. The van der Waals surface area contributed by atoms with Gasteiger partial charge >= 0.3 is 5.97 Å². The molecule has 1 heterocycles. The largest absolute Gasteiger partial charge is 0.481 e. The molecule has 4 nitrogen and oxygen atoms in total. The second-order valence-corrected chi connectivity index (χ2v) is 2.92. The topological polar surface area (TPSA) is 64.4 Å². The fourth-order valence-electron chi connectivity index (χ4n) is 1.34.